The molecular formula is C14H15NO. The molecule has 2 nitrogen and oxygen atoms in total. The van der Waals surface area contributed by atoms with Crippen LogP contribution in [-0.4, -0.2) is 13.7 Å². The molecule has 0 amide bonds. The number of fused-ring (bicyclic) bond motifs is 1. The van der Waals surface area contributed by atoms with Gasteiger partial charge in [0.05, 0.1) is 7.11 Å². The van der Waals surface area contributed by atoms with Crippen LogP contribution in [0.5, 0.6) is 5.75 Å². The smallest absolute Gasteiger partial charge is 0.124 e. The van der Waals surface area contributed by atoms with Crippen LogP contribution in [0.2, 0.25) is 0 Å². The molecule has 2 heteroatoms. The molecule has 1 heterocycles. The number of hydrogen-bond acceptors (Lipinski definition) is 2. The highest BCUT2D eigenvalue weighted by Gasteiger charge is 2.23. The molecule has 0 unspecified atom stereocenters. The normalized spacial score (nSPS) is 19.4. The van der Waals surface area contributed by atoms with E-state index in [0.717, 1.165) is 12.3 Å². The standard InChI is InChI=1S/C14H15NO/c1-16-13-7-6-10-4-2-3-5-11(10)14(13)12-8-9-15-12/h2-7,12,15H,8-9H2,1H3/t12-/m0/s1. The molecule has 1 fully saturated rings. The van der Waals surface area contributed by atoms with Crippen LogP contribution in [0.3, 0.4) is 0 Å². The molecule has 82 valence electrons. The lowest BCUT2D eigenvalue weighted by molar-refractivity contribution is 0.356. The molecule has 0 spiro atoms. The van der Waals surface area contributed by atoms with E-state index >= 15 is 0 Å². The minimum atomic E-state index is 0.459. The van der Waals surface area contributed by atoms with Crippen molar-refractivity contribution in [3.05, 3.63) is 42.0 Å². The molecule has 0 aliphatic carbocycles. The van der Waals surface area contributed by atoms with Crippen molar-refractivity contribution in [3.8, 4) is 5.75 Å². The zero-order valence-corrected chi connectivity index (χ0v) is 9.36. The molecule has 0 radical (unpaired) electrons. The van der Waals surface area contributed by atoms with Crippen LogP contribution in [0.15, 0.2) is 36.4 Å². The van der Waals surface area contributed by atoms with E-state index in [1.807, 2.05) is 0 Å². The molecule has 2 aromatic rings. The molecule has 16 heavy (non-hydrogen) atoms. The van der Waals surface area contributed by atoms with Crippen molar-refractivity contribution in [1.29, 1.82) is 0 Å². The lowest BCUT2D eigenvalue weighted by atomic mass is 9.92. The van der Waals surface area contributed by atoms with Gasteiger partial charge < -0.3 is 10.1 Å². The van der Waals surface area contributed by atoms with Crippen LogP contribution >= 0.6 is 0 Å². The van der Waals surface area contributed by atoms with Crippen molar-refractivity contribution in [3.63, 3.8) is 0 Å². The molecule has 0 bridgehead atoms. The van der Waals surface area contributed by atoms with E-state index in [4.69, 9.17) is 4.74 Å². The zero-order valence-electron chi connectivity index (χ0n) is 9.36. The number of rotatable bonds is 2. The van der Waals surface area contributed by atoms with Crippen molar-refractivity contribution in [1.82, 2.24) is 5.32 Å². The fourth-order valence-corrected chi connectivity index (χ4v) is 2.35. The lowest BCUT2D eigenvalue weighted by Gasteiger charge is -2.30. The van der Waals surface area contributed by atoms with E-state index < -0.39 is 0 Å². The third kappa shape index (κ3) is 1.38. The van der Waals surface area contributed by atoms with Gasteiger partial charge in [0.1, 0.15) is 5.75 Å². The second kappa shape index (κ2) is 3.80. The van der Waals surface area contributed by atoms with Crippen LogP contribution in [-0.2, 0) is 0 Å². The first-order valence-corrected chi connectivity index (χ1v) is 5.69. The monoisotopic (exact) mass is 213 g/mol. The highest BCUT2D eigenvalue weighted by Crippen LogP contribution is 2.36. The van der Waals surface area contributed by atoms with Gasteiger partial charge in [-0.3, -0.25) is 0 Å². The summed E-state index contributed by atoms with van der Waals surface area (Å²) >= 11 is 0. The van der Waals surface area contributed by atoms with Crippen LogP contribution in [0, 0.1) is 0 Å². The Labute approximate surface area is 95.2 Å². The van der Waals surface area contributed by atoms with Gasteiger partial charge in [-0.1, -0.05) is 30.3 Å². The largest absolute Gasteiger partial charge is 0.496 e. The Morgan fingerprint density at radius 2 is 2.00 bits per heavy atom. The van der Waals surface area contributed by atoms with E-state index in [9.17, 15) is 0 Å². The summed E-state index contributed by atoms with van der Waals surface area (Å²) in [5.74, 6) is 0.996. The maximum absolute atomic E-state index is 5.47. The molecule has 1 aliphatic heterocycles. The first-order chi connectivity index (χ1) is 7.90. The fourth-order valence-electron chi connectivity index (χ4n) is 2.35. The highest BCUT2D eigenvalue weighted by atomic mass is 16.5. The Kier molecular flexibility index (Phi) is 2.29. The molecular weight excluding hydrogens is 198 g/mol. The number of nitrogens with one attached hydrogen (secondary N) is 1. The van der Waals surface area contributed by atoms with E-state index in [-0.39, 0.29) is 0 Å². The van der Waals surface area contributed by atoms with E-state index in [1.165, 1.54) is 22.8 Å². The Hall–Kier alpha value is -1.54. The second-order valence-corrected chi connectivity index (χ2v) is 4.20. The highest BCUT2D eigenvalue weighted by molar-refractivity contribution is 5.88. The topological polar surface area (TPSA) is 21.3 Å². The molecule has 0 saturated carbocycles. The average molecular weight is 213 g/mol. The van der Waals surface area contributed by atoms with Crippen molar-refractivity contribution in [2.24, 2.45) is 0 Å². The summed E-state index contributed by atoms with van der Waals surface area (Å²) in [6.45, 7) is 1.11. The van der Waals surface area contributed by atoms with E-state index in [2.05, 4.69) is 41.7 Å². The molecule has 1 N–H and O–H groups in total. The molecule has 3 rings (SSSR count). The number of methoxy groups -OCH3 is 1. The number of ether oxygens (including phenoxy) is 1. The number of hydrogen-bond donors (Lipinski definition) is 1. The minimum Gasteiger partial charge on any atom is -0.496 e. The Bertz CT molecular complexity index is 517. The van der Waals surface area contributed by atoms with Gasteiger partial charge in [0, 0.05) is 11.6 Å². The van der Waals surface area contributed by atoms with Crippen LogP contribution in [0.1, 0.15) is 18.0 Å². The summed E-state index contributed by atoms with van der Waals surface area (Å²) in [4.78, 5) is 0. The van der Waals surface area contributed by atoms with Gasteiger partial charge in [0.25, 0.3) is 0 Å². The summed E-state index contributed by atoms with van der Waals surface area (Å²) in [5, 5.41) is 6.04. The second-order valence-electron chi connectivity index (χ2n) is 4.20. The van der Waals surface area contributed by atoms with Crippen molar-refractivity contribution in [2.45, 2.75) is 12.5 Å². The molecule has 0 aromatic heterocycles. The SMILES string of the molecule is COc1ccc2ccccc2c1[C@@H]1CCN1. The maximum Gasteiger partial charge on any atom is 0.124 e. The summed E-state index contributed by atoms with van der Waals surface area (Å²) in [6, 6.07) is 13.1. The Balaban J connectivity index is 2.25. The van der Waals surface area contributed by atoms with Crippen molar-refractivity contribution >= 4 is 10.8 Å². The average Bonchev–Trinajstić information content (AvgIpc) is 2.27. The van der Waals surface area contributed by atoms with Gasteiger partial charge in [0.15, 0.2) is 0 Å². The maximum atomic E-state index is 5.47. The third-order valence-corrected chi connectivity index (χ3v) is 3.32. The van der Waals surface area contributed by atoms with Gasteiger partial charge in [0.2, 0.25) is 0 Å². The van der Waals surface area contributed by atoms with E-state index in [1.54, 1.807) is 7.11 Å². The first kappa shape index (κ1) is 9.67. The number of benzene rings is 2. The Morgan fingerprint density at radius 1 is 1.19 bits per heavy atom. The molecule has 2 aromatic carbocycles. The molecule has 1 saturated heterocycles. The van der Waals surface area contributed by atoms with E-state index in [0.29, 0.717) is 6.04 Å². The molecule has 1 aliphatic rings. The quantitative estimate of drug-likeness (QED) is 0.828. The zero-order chi connectivity index (χ0) is 11.0. The van der Waals surface area contributed by atoms with Gasteiger partial charge in [-0.2, -0.15) is 0 Å². The van der Waals surface area contributed by atoms with Gasteiger partial charge in [-0.05, 0) is 29.8 Å². The van der Waals surface area contributed by atoms with Crippen molar-refractivity contribution in [2.75, 3.05) is 13.7 Å². The Morgan fingerprint density at radius 3 is 2.69 bits per heavy atom. The van der Waals surface area contributed by atoms with Gasteiger partial charge in [-0.15, -0.1) is 0 Å². The predicted molar refractivity (Wildman–Crippen MR) is 65.9 cm³/mol. The lowest BCUT2D eigenvalue weighted by Crippen LogP contribution is -2.35. The summed E-state index contributed by atoms with van der Waals surface area (Å²) < 4.78 is 5.47. The predicted octanol–water partition coefficient (Wildman–Crippen LogP) is 2.88. The third-order valence-electron chi connectivity index (χ3n) is 3.32. The van der Waals surface area contributed by atoms with Crippen LogP contribution < -0.4 is 10.1 Å². The summed E-state index contributed by atoms with van der Waals surface area (Å²) in [7, 11) is 1.74. The van der Waals surface area contributed by atoms with Crippen molar-refractivity contribution < 1.29 is 4.74 Å². The summed E-state index contributed by atoms with van der Waals surface area (Å²) in [6.07, 6.45) is 1.20. The summed E-state index contributed by atoms with van der Waals surface area (Å²) in [5.41, 5.74) is 1.31. The van der Waals surface area contributed by atoms with Crippen LogP contribution in [0.25, 0.3) is 10.8 Å². The van der Waals surface area contributed by atoms with Crippen LogP contribution in [0.4, 0.5) is 0 Å². The minimum absolute atomic E-state index is 0.459. The fraction of sp³-hybridized carbons (Fsp3) is 0.286. The first-order valence-electron chi connectivity index (χ1n) is 5.69. The van der Waals surface area contributed by atoms with Gasteiger partial charge >= 0.3 is 0 Å². The van der Waals surface area contributed by atoms with Gasteiger partial charge in [-0.25, -0.2) is 0 Å². The molecule has 1 atom stereocenters.